The van der Waals surface area contributed by atoms with Gasteiger partial charge in [0.15, 0.2) is 5.82 Å². The van der Waals surface area contributed by atoms with Gasteiger partial charge in [0.1, 0.15) is 0 Å². The van der Waals surface area contributed by atoms with Crippen molar-refractivity contribution in [2.24, 2.45) is 0 Å². The number of rotatable bonds is 5. The molecule has 2 N–H and O–H groups in total. The highest BCUT2D eigenvalue weighted by Gasteiger charge is 2.17. The minimum absolute atomic E-state index is 0.407. The monoisotopic (exact) mass is 271 g/mol. The zero-order valence-corrected chi connectivity index (χ0v) is 11.8. The number of hydrogen-bond donors (Lipinski definition) is 2. The summed E-state index contributed by atoms with van der Waals surface area (Å²) in [6.07, 6.45) is 9.19. The van der Waals surface area contributed by atoms with Crippen LogP contribution in [0.5, 0.6) is 0 Å². The predicted molar refractivity (Wildman–Crippen MR) is 80.1 cm³/mol. The minimum atomic E-state index is 0.407. The maximum atomic E-state index is 4.43. The molecule has 0 aliphatic carbocycles. The van der Waals surface area contributed by atoms with Crippen molar-refractivity contribution in [3.05, 3.63) is 36.8 Å². The molecule has 2 aromatic rings. The molecule has 2 atom stereocenters. The highest BCUT2D eigenvalue weighted by atomic mass is 15.3. The molecule has 0 amide bonds. The van der Waals surface area contributed by atoms with Gasteiger partial charge in [0.05, 0.1) is 5.69 Å². The molecule has 1 saturated heterocycles. The third-order valence-corrected chi connectivity index (χ3v) is 3.71. The molecule has 0 spiro atoms. The van der Waals surface area contributed by atoms with Crippen molar-refractivity contribution in [3.8, 4) is 5.82 Å². The van der Waals surface area contributed by atoms with Gasteiger partial charge in [-0.2, -0.15) is 5.10 Å². The molecular formula is C15H21N5. The zero-order chi connectivity index (χ0) is 13.8. The summed E-state index contributed by atoms with van der Waals surface area (Å²) in [4.78, 5) is 4.43. The molecule has 5 nitrogen and oxygen atoms in total. The lowest BCUT2D eigenvalue weighted by molar-refractivity contribution is 0.523. The van der Waals surface area contributed by atoms with E-state index >= 15 is 0 Å². The largest absolute Gasteiger partial charge is 0.379 e. The Morgan fingerprint density at radius 2 is 2.40 bits per heavy atom. The van der Waals surface area contributed by atoms with Gasteiger partial charge < -0.3 is 10.6 Å². The van der Waals surface area contributed by atoms with Crippen molar-refractivity contribution in [2.45, 2.75) is 38.3 Å². The van der Waals surface area contributed by atoms with E-state index in [9.17, 15) is 0 Å². The molecule has 0 radical (unpaired) electrons. The normalized spacial score (nSPS) is 19.9. The Bertz CT molecular complexity index is 531. The lowest BCUT2D eigenvalue weighted by atomic mass is 10.1. The molecule has 0 saturated carbocycles. The van der Waals surface area contributed by atoms with Crippen LogP contribution in [0.4, 0.5) is 5.69 Å². The van der Waals surface area contributed by atoms with Crippen LogP contribution in [0.1, 0.15) is 26.2 Å². The van der Waals surface area contributed by atoms with Crippen LogP contribution in [-0.2, 0) is 0 Å². The molecule has 2 unspecified atom stereocenters. The summed E-state index contributed by atoms with van der Waals surface area (Å²) < 4.78 is 1.79. The van der Waals surface area contributed by atoms with Gasteiger partial charge in [-0.15, -0.1) is 0 Å². The molecular weight excluding hydrogens is 250 g/mol. The number of nitrogens with one attached hydrogen (secondary N) is 2. The van der Waals surface area contributed by atoms with E-state index in [0.717, 1.165) is 24.5 Å². The summed E-state index contributed by atoms with van der Waals surface area (Å²) in [6.45, 7) is 3.38. The minimum Gasteiger partial charge on any atom is -0.379 e. The van der Waals surface area contributed by atoms with Crippen molar-refractivity contribution in [1.29, 1.82) is 0 Å². The number of anilines is 1. The Morgan fingerprint density at radius 3 is 3.15 bits per heavy atom. The summed E-state index contributed by atoms with van der Waals surface area (Å²) >= 11 is 0. The van der Waals surface area contributed by atoms with Crippen molar-refractivity contribution in [3.63, 3.8) is 0 Å². The van der Waals surface area contributed by atoms with E-state index in [-0.39, 0.29) is 0 Å². The van der Waals surface area contributed by atoms with Crippen LogP contribution in [0, 0.1) is 0 Å². The van der Waals surface area contributed by atoms with Gasteiger partial charge in [0, 0.05) is 30.7 Å². The fourth-order valence-corrected chi connectivity index (χ4v) is 2.80. The first-order valence-electron chi connectivity index (χ1n) is 7.28. The van der Waals surface area contributed by atoms with Gasteiger partial charge in [-0.1, -0.05) is 0 Å². The van der Waals surface area contributed by atoms with E-state index in [1.807, 2.05) is 18.3 Å². The van der Waals surface area contributed by atoms with Crippen molar-refractivity contribution in [1.82, 2.24) is 20.1 Å². The van der Waals surface area contributed by atoms with Gasteiger partial charge in [-0.25, -0.2) is 9.67 Å². The van der Waals surface area contributed by atoms with Crippen LogP contribution in [0.25, 0.3) is 5.82 Å². The maximum Gasteiger partial charge on any atom is 0.176 e. The summed E-state index contributed by atoms with van der Waals surface area (Å²) in [5, 5.41) is 11.4. The second-order valence-electron chi connectivity index (χ2n) is 5.40. The van der Waals surface area contributed by atoms with E-state index in [2.05, 4.69) is 33.7 Å². The van der Waals surface area contributed by atoms with Crippen LogP contribution >= 0.6 is 0 Å². The molecule has 1 aliphatic rings. The van der Waals surface area contributed by atoms with E-state index < -0.39 is 0 Å². The third-order valence-electron chi connectivity index (χ3n) is 3.71. The SMILES string of the molecule is CC(CC1CCCN1)Nc1cccnc1-n1cccn1. The van der Waals surface area contributed by atoms with Crippen LogP contribution in [0.3, 0.4) is 0 Å². The number of pyridine rings is 1. The van der Waals surface area contributed by atoms with Crippen LogP contribution < -0.4 is 10.6 Å². The second kappa shape index (κ2) is 6.05. The third kappa shape index (κ3) is 2.99. The van der Waals surface area contributed by atoms with Gasteiger partial charge in [-0.3, -0.25) is 0 Å². The zero-order valence-electron chi connectivity index (χ0n) is 11.8. The Hall–Kier alpha value is -1.88. The lowest BCUT2D eigenvalue weighted by Gasteiger charge is -2.20. The van der Waals surface area contributed by atoms with E-state index in [0.29, 0.717) is 12.1 Å². The van der Waals surface area contributed by atoms with Crippen molar-refractivity contribution in [2.75, 3.05) is 11.9 Å². The molecule has 0 aromatic carbocycles. The summed E-state index contributed by atoms with van der Waals surface area (Å²) in [6, 6.07) is 6.97. The maximum absolute atomic E-state index is 4.43. The molecule has 2 aromatic heterocycles. The molecule has 0 bridgehead atoms. The van der Waals surface area contributed by atoms with E-state index in [4.69, 9.17) is 0 Å². The number of hydrogen-bond acceptors (Lipinski definition) is 4. The van der Waals surface area contributed by atoms with Gasteiger partial charge >= 0.3 is 0 Å². The average Bonchev–Trinajstić information content (AvgIpc) is 3.11. The Balaban J connectivity index is 1.70. The lowest BCUT2D eigenvalue weighted by Crippen LogP contribution is -2.29. The summed E-state index contributed by atoms with van der Waals surface area (Å²) in [7, 11) is 0. The summed E-state index contributed by atoms with van der Waals surface area (Å²) in [5.41, 5.74) is 1.03. The van der Waals surface area contributed by atoms with Crippen molar-refractivity contribution < 1.29 is 0 Å². The Kier molecular flexibility index (Phi) is 3.97. The van der Waals surface area contributed by atoms with E-state index in [1.165, 1.54) is 12.8 Å². The fourth-order valence-electron chi connectivity index (χ4n) is 2.80. The van der Waals surface area contributed by atoms with Crippen LogP contribution in [-0.4, -0.2) is 33.4 Å². The molecule has 3 rings (SSSR count). The molecule has 106 valence electrons. The molecule has 5 heteroatoms. The van der Waals surface area contributed by atoms with Crippen LogP contribution in [0.2, 0.25) is 0 Å². The first kappa shape index (κ1) is 13.1. The fraction of sp³-hybridized carbons (Fsp3) is 0.467. The number of aromatic nitrogens is 3. The van der Waals surface area contributed by atoms with E-state index in [1.54, 1.807) is 17.1 Å². The second-order valence-corrected chi connectivity index (χ2v) is 5.40. The van der Waals surface area contributed by atoms with Crippen molar-refractivity contribution >= 4 is 5.69 Å². The quantitative estimate of drug-likeness (QED) is 0.875. The number of nitrogens with zero attached hydrogens (tertiary/aromatic N) is 3. The highest BCUT2D eigenvalue weighted by molar-refractivity contribution is 5.56. The smallest absolute Gasteiger partial charge is 0.176 e. The van der Waals surface area contributed by atoms with Gasteiger partial charge in [0.2, 0.25) is 0 Å². The standard InChI is InChI=1S/C15H21N5/c1-12(11-13-5-2-7-16-13)19-14-6-3-8-17-15(14)20-10-4-9-18-20/h3-4,6,8-10,12-13,16,19H,2,5,7,11H2,1H3. The summed E-state index contributed by atoms with van der Waals surface area (Å²) in [5.74, 6) is 0.851. The molecule has 20 heavy (non-hydrogen) atoms. The van der Waals surface area contributed by atoms with Crippen LogP contribution in [0.15, 0.2) is 36.8 Å². The van der Waals surface area contributed by atoms with Gasteiger partial charge in [-0.05, 0) is 50.9 Å². The first-order chi connectivity index (χ1) is 9.83. The Morgan fingerprint density at radius 1 is 1.45 bits per heavy atom. The van der Waals surface area contributed by atoms with Gasteiger partial charge in [0.25, 0.3) is 0 Å². The predicted octanol–water partition coefficient (Wildman–Crippen LogP) is 2.21. The Labute approximate surface area is 119 Å². The molecule has 3 heterocycles. The topological polar surface area (TPSA) is 54.8 Å². The highest BCUT2D eigenvalue weighted by Crippen LogP contribution is 2.19. The molecule has 1 fully saturated rings. The average molecular weight is 271 g/mol. The molecule has 1 aliphatic heterocycles. The first-order valence-corrected chi connectivity index (χ1v) is 7.28.